The molecule has 0 radical (unpaired) electrons. The summed E-state index contributed by atoms with van der Waals surface area (Å²) in [5.41, 5.74) is -0.719. The molecule has 0 aliphatic rings. The number of aromatic hydroxyl groups is 2. The molecule has 29 heavy (non-hydrogen) atoms. The molecule has 3 N–H and O–H groups in total. The minimum Gasteiger partial charge on any atom is -0.508 e. The van der Waals surface area contributed by atoms with Gasteiger partial charge in [-0.15, -0.1) is 0 Å². The maximum absolute atomic E-state index is 13.0. The van der Waals surface area contributed by atoms with Crippen LogP contribution in [0, 0.1) is 0 Å². The number of halogens is 4. The molecule has 1 atom stereocenters. The van der Waals surface area contributed by atoms with E-state index < -0.39 is 26.2 Å². The Morgan fingerprint density at radius 3 is 1.90 bits per heavy atom. The number of hydrogen-bond acceptors (Lipinski definition) is 4. The fourth-order valence-electron chi connectivity index (χ4n) is 3.20. The number of phenolic OH excluding ortho intramolecular Hbond substituents is 2. The summed E-state index contributed by atoms with van der Waals surface area (Å²) in [7, 11) is -5.14. The normalized spacial score (nSPS) is 13.8. The van der Waals surface area contributed by atoms with E-state index in [0.29, 0.717) is 5.02 Å². The van der Waals surface area contributed by atoms with Crippen molar-refractivity contribution in [3.63, 3.8) is 0 Å². The zero-order valence-electron chi connectivity index (χ0n) is 14.3. The fraction of sp³-hybridized carbons (Fsp3) is 0.0526. The zero-order valence-corrected chi connectivity index (χ0v) is 18.1. The first-order chi connectivity index (χ1) is 13.5. The number of rotatable bonds is 4. The lowest BCUT2D eigenvalue weighted by molar-refractivity contribution is 0.439. The van der Waals surface area contributed by atoms with Crippen molar-refractivity contribution in [2.45, 2.75) is 4.75 Å². The quantitative estimate of drug-likeness (QED) is 0.311. The standard InChI is InChI=1S/C19H12Cl4O5S/c20-11-3-1-10(2-4-11)19(29(26,27)28,13-9-12(24)5-6-14(13)21)17-15(22)7-8-16(23)18(17)25/h1-9,24-25H,(H,26,27,28). The van der Waals surface area contributed by atoms with E-state index >= 15 is 0 Å². The average Bonchev–Trinajstić information content (AvgIpc) is 2.64. The van der Waals surface area contributed by atoms with Gasteiger partial charge in [-0.2, -0.15) is 8.42 Å². The van der Waals surface area contributed by atoms with Gasteiger partial charge in [0.1, 0.15) is 11.5 Å². The van der Waals surface area contributed by atoms with Crippen LogP contribution >= 0.6 is 46.4 Å². The Hall–Kier alpha value is -1.67. The largest absolute Gasteiger partial charge is 0.508 e. The summed E-state index contributed by atoms with van der Waals surface area (Å²) >= 11 is 24.5. The van der Waals surface area contributed by atoms with Crippen LogP contribution in [0.3, 0.4) is 0 Å². The fourth-order valence-corrected chi connectivity index (χ4v) is 5.49. The van der Waals surface area contributed by atoms with Gasteiger partial charge in [0, 0.05) is 26.2 Å². The predicted molar refractivity (Wildman–Crippen MR) is 114 cm³/mol. The van der Waals surface area contributed by atoms with Crippen molar-refractivity contribution >= 4 is 56.5 Å². The molecule has 3 aromatic rings. The molecule has 0 spiro atoms. The van der Waals surface area contributed by atoms with Crippen molar-refractivity contribution in [1.82, 2.24) is 0 Å². The van der Waals surface area contributed by atoms with Crippen LogP contribution in [0.4, 0.5) is 0 Å². The van der Waals surface area contributed by atoms with Crippen LogP contribution < -0.4 is 0 Å². The van der Waals surface area contributed by atoms with Crippen LogP contribution in [0.2, 0.25) is 20.1 Å². The van der Waals surface area contributed by atoms with Crippen LogP contribution in [0.25, 0.3) is 0 Å². The first kappa shape index (κ1) is 22.0. The minimum absolute atomic E-state index is 0.0450. The molecule has 3 rings (SSSR count). The molecule has 0 aliphatic heterocycles. The molecule has 0 aromatic heterocycles. The van der Waals surface area contributed by atoms with Crippen LogP contribution in [0.1, 0.15) is 16.7 Å². The van der Waals surface area contributed by atoms with E-state index in [0.717, 1.165) is 6.07 Å². The molecule has 0 heterocycles. The SMILES string of the molecule is O=S(=O)(O)C(c1ccc(Cl)cc1)(c1cc(O)ccc1Cl)c1c(Cl)ccc(Cl)c1O. The van der Waals surface area contributed by atoms with Gasteiger partial charge in [0.05, 0.1) is 5.02 Å². The Balaban J connectivity index is 2.65. The molecular formula is C19H12Cl4O5S. The Bertz CT molecular complexity index is 1200. The van der Waals surface area contributed by atoms with Crippen molar-refractivity contribution in [2.24, 2.45) is 0 Å². The van der Waals surface area contributed by atoms with Gasteiger partial charge >= 0.3 is 0 Å². The van der Waals surface area contributed by atoms with Gasteiger partial charge in [0.2, 0.25) is 0 Å². The summed E-state index contributed by atoms with van der Waals surface area (Å²) in [6.07, 6.45) is 0. The van der Waals surface area contributed by atoms with Crippen molar-refractivity contribution < 1.29 is 23.2 Å². The summed E-state index contributed by atoms with van der Waals surface area (Å²) in [6, 6.07) is 11.5. The van der Waals surface area contributed by atoms with Crippen molar-refractivity contribution in [3.05, 3.63) is 91.4 Å². The van der Waals surface area contributed by atoms with Crippen LogP contribution in [-0.4, -0.2) is 23.2 Å². The highest BCUT2D eigenvalue weighted by atomic mass is 35.5. The van der Waals surface area contributed by atoms with Gasteiger partial charge in [0.15, 0.2) is 4.75 Å². The molecule has 5 nitrogen and oxygen atoms in total. The highest BCUT2D eigenvalue weighted by Crippen LogP contribution is 2.53. The second-order valence-electron chi connectivity index (χ2n) is 6.08. The Labute approximate surface area is 186 Å². The molecule has 0 fully saturated rings. The predicted octanol–water partition coefficient (Wildman–Crippen LogP) is 5.89. The molecule has 0 saturated carbocycles. The maximum atomic E-state index is 13.0. The maximum Gasteiger partial charge on any atom is 0.283 e. The van der Waals surface area contributed by atoms with Crippen molar-refractivity contribution in [2.75, 3.05) is 0 Å². The lowest BCUT2D eigenvalue weighted by atomic mass is 9.83. The van der Waals surface area contributed by atoms with Crippen LogP contribution in [0.5, 0.6) is 11.5 Å². The van der Waals surface area contributed by atoms with Crippen LogP contribution in [-0.2, 0) is 14.9 Å². The minimum atomic E-state index is -5.14. The number of phenols is 2. The molecular weight excluding hydrogens is 482 g/mol. The average molecular weight is 494 g/mol. The van der Waals surface area contributed by atoms with Crippen LogP contribution in [0.15, 0.2) is 54.6 Å². The van der Waals surface area contributed by atoms with Gasteiger partial charge < -0.3 is 10.2 Å². The van der Waals surface area contributed by atoms with E-state index in [1.54, 1.807) is 0 Å². The molecule has 152 valence electrons. The van der Waals surface area contributed by atoms with E-state index in [2.05, 4.69) is 0 Å². The Morgan fingerprint density at radius 1 is 0.759 bits per heavy atom. The second kappa shape index (κ2) is 7.87. The van der Waals surface area contributed by atoms with E-state index in [4.69, 9.17) is 46.4 Å². The van der Waals surface area contributed by atoms with Crippen molar-refractivity contribution in [3.8, 4) is 11.5 Å². The third kappa shape index (κ3) is 3.65. The monoisotopic (exact) mass is 492 g/mol. The van der Waals surface area contributed by atoms with Gasteiger partial charge in [-0.1, -0.05) is 58.5 Å². The van der Waals surface area contributed by atoms with E-state index in [-0.39, 0.29) is 31.9 Å². The molecule has 0 bridgehead atoms. The summed E-state index contributed by atoms with van der Waals surface area (Å²) in [4.78, 5) is 0. The smallest absolute Gasteiger partial charge is 0.283 e. The van der Waals surface area contributed by atoms with Crippen molar-refractivity contribution in [1.29, 1.82) is 0 Å². The highest BCUT2D eigenvalue weighted by molar-refractivity contribution is 7.87. The molecule has 10 heteroatoms. The Kier molecular flexibility index (Phi) is 5.98. The molecule has 0 amide bonds. The highest BCUT2D eigenvalue weighted by Gasteiger charge is 2.52. The van der Waals surface area contributed by atoms with E-state index in [9.17, 15) is 23.2 Å². The lowest BCUT2D eigenvalue weighted by Gasteiger charge is -2.34. The zero-order chi connectivity index (χ0) is 21.6. The first-order valence-corrected chi connectivity index (χ1v) is 10.8. The first-order valence-electron chi connectivity index (χ1n) is 7.89. The lowest BCUT2D eigenvalue weighted by Crippen LogP contribution is -2.39. The molecule has 0 aliphatic carbocycles. The van der Waals surface area contributed by atoms with Gasteiger partial charge in [0.25, 0.3) is 10.1 Å². The molecule has 0 saturated heterocycles. The topological polar surface area (TPSA) is 94.8 Å². The third-order valence-corrected chi connectivity index (χ3v) is 7.03. The number of hydrogen-bond donors (Lipinski definition) is 3. The van der Waals surface area contributed by atoms with E-state index in [1.165, 1.54) is 48.5 Å². The third-order valence-electron chi connectivity index (χ3n) is 4.40. The summed E-state index contributed by atoms with van der Waals surface area (Å²) in [5.74, 6) is -1.00. The second-order valence-corrected chi connectivity index (χ2v) is 9.30. The Morgan fingerprint density at radius 2 is 1.31 bits per heavy atom. The summed E-state index contributed by atoms with van der Waals surface area (Å²) in [6.45, 7) is 0. The molecule has 3 aromatic carbocycles. The molecule has 1 unspecified atom stereocenters. The van der Waals surface area contributed by atoms with E-state index in [1.807, 2.05) is 0 Å². The van der Waals surface area contributed by atoms with Gasteiger partial charge in [-0.25, -0.2) is 0 Å². The van der Waals surface area contributed by atoms with Gasteiger partial charge in [-0.3, -0.25) is 4.55 Å². The summed E-state index contributed by atoms with van der Waals surface area (Å²) < 4.78 is 33.9. The number of benzene rings is 3. The van der Waals surface area contributed by atoms with Gasteiger partial charge in [-0.05, 0) is 48.0 Å². The summed E-state index contributed by atoms with van der Waals surface area (Å²) in [5, 5.41) is 20.5.